The van der Waals surface area contributed by atoms with Crippen molar-refractivity contribution in [3.63, 3.8) is 0 Å². The molecule has 98 valence electrons. The molecule has 0 aliphatic rings. The first kappa shape index (κ1) is 13.7. The van der Waals surface area contributed by atoms with Crippen molar-refractivity contribution in [1.29, 1.82) is 0 Å². The van der Waals surface area contributed by atoms with Gasteiger partial charge in [0.1, 0.15) is 11.6 Å². The second-order valence-corrected chi connectivity index (χ2v) is 4.47. The molecule has 0 atom stereocenters. The van der Waals surface area contributed by atoms with E-state index in [1.54, 1.807) is 0 Å². The fraction of sp³-hybridized carbons (Fsp3) is 0. The van der Waals surface area contributed by atoms with Crippen LogP contribution in [0.5, 0.6) is 0 Å². The maximum absolute atomic E-state index is 13.5. The van der Waals surface area contributed by atoms with Crippen LogP contribution >= 0.6 is 15.9 Å². The van der Waals surface area contributed by atoms with Crippen molar-refractivity contribution in [3.8, 4) is 0 Å². The zero-order chi connectivity index (χ0) is 14.2. The largest absolute Gasteiger partial charge is 0.288 e. The summed E-state index contributed by atoms with van der Waals surface area (Å²) in [5.41, 5.74) is -0.838. The SMILES string of the molecule is O=C(c1cc(F)c(F)cc1F)c1cccc(F)c1Br. The molecule has 0 aliphatic heterocycles. The van der Waals surface area contributed by atoms with Gasteiger partial charge in [0.15, 0.2) is 17.4 Å². The van der Waals surface area contributed by atoms with Crippen LogP contribution in [0.25, 0.3) is 0 Å². The van der Waals surface area contributed by atoms with Gasteiger partial charge in [-0.15, -0.1) is 0 Å². The van der Waals surface area contributed by atoms with E-state index in [1.165, 1.54) is 12.1 Å². The van der Waals surface area contributed by atoms with Gasteiger partial charge in [-0.1, -0.05) is 6.07 Å². The highest BCUT2D eigenvalue weighted by Gasteiger charge is 2.20. The van der Waals surface area contributed by atoms with Gasteiger partial charge in [0.2, 0.25) is 0 Å². The summed E-state index contributed by atoms with van der Waals surface area (Å²) in [6.45, 7) is 0. The van der Waals surface area contributed by atoms with Crippen LogP contribution in [0.15, 0.2) is 34.8 Å². The molecule has 1 nitrogen and oxygen atoms in total. The van der Waals surface area contributed by atoms with E-state index in [9.17, 15) is 22.4 Å². The highest BCUT2D eigenvalue weighted by molar-refractivity contribution is 9.10. The fourth-order valence-corrected chi connectivity index (χ4v) is 1.97. The molecular weight excluding hydrogens is 328 g/mol. The van der Waals surface area contributed by atoms with E-state index in [0.717, 1.165) is 6.07 Å². The summed E-state index contributed by atoms with van der Waals surface area (Å²) in [6.07, 6.45) is 0. The number of benzene rings is 2. The van der Waals surface area contributed by atoms with E-state index >= 15 is 0 Å². The second-order valence-electron chi connectivity index (χ2n) is 3.68. The minimum Gasteiger partial charge on any atom is -0.288 e. The second kappa shape index (κ2) is 5.13. The van der Waals surface area contributed by atoms with E-state index in [2.05, 4.69) is 15.9 Å². The smallest absolute Gasteiger partial charge is 0.197 e. The first-order valence-electron chi connectivity index (χ1n) is 5.05. The summed E-state index contributed by atoms with van der Waals surface area (Å²) in [7, 11) is 0. The number of carbonyl (C=O) groups is 1. The lowest BCUT2D eigenvalue weighted by Crippen LogP contribution is -2.07. The Morgan fingerprint density at radius 2 is 1.47 bits per heavy atom. The molecule has 19 heavy (non-hydrogen) atoms. The van der Waals surface area contributed by atoms with Crippen LogP contribution in [-0.2, 0) is 0 Å². The van der Waals surface area contributed by atoms with Gasteiger partial charge in [0, 0.05) is 11.6 Å². The molecule has 0 aliphatic carbocycles. The molecule has 6 heteroatoms. The van der Waals surface area contributed by atoms with E-state index in [0.29, 0.717) is 6.07 Å². The predicted octanol–water partition coefficient (Wildman–Crippen LogP) is 4.24. The molecule has 0 amide bonds. The predicted molar refractivity (Wildman–Crippen MR) is 63.8 cm³/mol. The molecule has 0 unspecified atom stereocenters. The Labute approximate surface area is 114 Å². The first-order chi connectivity index (χ1) is 8.91. The van der Waals surface area contributed by atoms with Gasteiger partial charge in [-0.3, -0.25) is 4.79 Å². The molecule has 0 N–H and O–H groups in total. The van der Waals surface area contributed by atoms with Crippen molar-refractivity contribution in [2.24, 2.45) is 0 Å². The van der Waals surface area contributed by atoms with Crippen molar-refractivity contribution in [1.82, 2.24) is 0 Å². The number of carbonyl (C=O) groups excluding carboxylic acids is 1. The number of ketones is 1. The summed E-state index contributed by atoms with van der Waals surface area (Å²) in [4.78, 5) is 12.0. The minimum absolute atomic E-state index is 0.163. The maximum atomic E-state index is 13.5. The van der Waals surface area contributed by atoms with Crippen LogP contribution in [0.4, 0.5) is 17.6 Å². The lowest BCUT2D eigenvalue weighted by Gasteiger charge is -2.06. The van der Waals surface area contributed by atoms with Crippen molar-refractivity contribution < 1.29 is 22.4 Å². The molecule has 2 aromatic rings. The third-order valence-electron chi connectivity index (χ3n) is 2.45. The summed E-state index contributed by atoms with van der Waals surface area (Å²) >= 11 is 2.85. The lowest BCUT2D eigenvalue weighted by molar-refractivity contribution is 0.103. The van der Waals surface area contributed by atoms with Crippen LogP contribution in [0.2, 0.25) is 0 Å². The number of halogens is 5. The van der Waals surface area contributed by atoms with Gasteiger partial charge in [-0.2, -0.15) is 0 Å². The van der Waals surface area contributed by atoms with Crippen LogP contribution in [0.1, 0.15) is 15.9 Å². The Morgan fingerprint density at radius 1 is 0.842 bits per heavy atom. The monoisotopic (exact) mass is 332 g/mol. The number of hydrogen-bond donors (Lipinski definition) is 0. The molecule has 0 saturated carbocycles. The molecule has 0 spiro atoms. The van der Waals surface area contributed by atoms with Crippen LogP contribution < -0.4 is 0 Å². The molecule has 0 saturated heterocycles. The van der Waals surface area contributed by atoms with Crippen molar-refractivity contribution in [2.75, 3.05) is 0 Å². The zero-order valence-electron chi connectivity index (χ0n) is 9.18. The highest BCUT2D eigenvalue weighted by atomic mass is 79.9. The molecule has 0 fully saturated rings. The van der Waals surface area contributed by atoms with Crippen molar-refractivity contribution in [3.05, 3.63) is 69.2 Å². The van der Waals surface area contributed by atoms with E-state index < -0.39 is 34.6 Å². The Morgan fingerprint density at radius 3 is 2.16 bits per heavy atom. The Kier molecular flexibility index (Phi) is 3.71. The van der Waals surface area contributed by atoms with E-state index in [-0.39, 0.29) is 16.1 Å². The maximum Gasteiger partial charge on any atom is 0.197 e. The third kappa shape index (κ3) is 2.53. The quantitative estimate of drug-likeness (QED) is 0.457. The van der Waals surface area contributed by atoms with Gasteiger partial charge in [0.25, 0.3) is 0 Å². The zero-order valence-corrected chi connectivity index (χ0v) is 10.8. The van der Waals surface area contributed by atoms with Crippen molar-refractivity contribution in [2.45, 2.75) is 0 Å². The van der Waals surface area contributed by atoms with Gasteiger partial charge < -0.3 is 0 Å². The summed E-state index contributed by atoms with van der Waals surface area (Å²) < 4.78 is 52.4. The molecule has 2 rings (SSSR count). The topological polar surface area (TPSA) is 17.1 Å². The van der Waals surface area contributed by atoms with Crippen LogP contribution in [0, 0.1) is 23.3 Å². The first-order valence-corrected chi connectivity index (χ1v) is 5.84. The minimum atomic E-state index is -1.40. The molecule has 0 aromatic heterocycles. The third-order valence-corrected chi connectivity index (χ3v) is 3.26. The van der Waals surface area contributed by atoms with Gasteiger partial charge in [-0.05, 0) is 34.1 Å². The molecule has 0 radical (unpaired) electrons. The van der Waals surface area contributed by atoms with Crippen LogP contribution in [0.3, 0.4) is 0 Å². The average Bonchev–Trinajstić information content (AvgIpc) is 2.36. The summed E-state index contributed by atoms with van der Waals surface area (Å²) in [5.74, 6) is -5.61. The van der Waals surface area contributed by atoms with Crippen molar-refractivity contribution >= 4 is 21.7 Å². The Bertz CT molecular complexity index is 670. The summed E-state index contributed by atoms with van der Waals surface area (Å²) in [5, 5.41) is 0. The standard InChI is InChI=1S/C13H5BrF4O/c14-12-6(2-1-3-8(12)15)13(19)7-4-10(17)11(18)5-9(7)16/h1-5H. The van der Waals surface area contributed by atoms with Gasteiger partial charge >= 0.3 is 0 Å². The number of hydrogen-bond acceptors (Lipinski definition) is 1. The highest BCUT2D eigenvalue weighted by Crippen LogP contribution is 2.25. The Hall–Kier alpha value is -1.69. The van der Waals surface area contributed by atoms with Gasteiger partial charge in [-0.25, -0.2) is 17.6 Å². The molecule has 0 heterocycles. The van der Waals surface area contributed by atoms with E-state index in [4.69, 9.17) is 0 Å². The summed E-state index contributed by atoms with van der Waals surface area (Å²) in [6, 6.07) is 4.32. The molecular formula is C13H5BrF4O. The Balaban J connectivity index is 2.56. The molecule has 0 bridgehead atoms. The number of rotatable bonds is 2. The fourth-order valence-electron chi connectivity index (χ4n) is 1.52. The van der Waals surface area contributed by atoms with Crippen LogP contribution in [-0.4, -0.2) is 5.78 Å². The lowest BCUT2D eigenvalue weighted by atomic mass is 10.0. The normalized spacial score (nSPS) is 10.6. The average molecular weight is 333 g/mol. The van der Waals surface area contributed by atoms with E-state index in [1.807, 2.05) is 0 Å². The molecule has 2 aromatic carbocycles. The van der Waals surface area contributed by atoms with Gasteiger partial charge in [0.05, 0.1) is 10.0 Å².